The lowest BCUT2D eigenvalue weighted by Gasteiger charge is -2.61. The Morgan fingerprint density at radius 1 is 0.921 bits per heavy atom. The third kappa shape index (κ3) is 5.50. The van der Waals surface area contributed by atoms with E-state index in [4.69, 9.17) is 10.7 Å². The second-order valence-corrected chi connectivity index (χ2v) is 17.7. The molecule has 4 fully saturated rings. The first-order valence-electron chi connectivity index (χ1n) is 16.0. The number of hydrogen-bond donors (Lipinski definition) is 0. The van der Waals surface area contributed by atoms with Gasteiger partial charge in [0.2, 0.25) is 0 Å². The van der Waals surface area contributed by atoms with Gasteiger partial charge in [-0.3, -0.25) is 0 Å². The Morgan fingerprint density at radius 2 is 1.66 bits per heavy atom. The summed E-state index contributed by atoms with van der Waals surface area (Å²) in [6.07, 6.45) is 17.9. The first-order valence-corrected chi connectivity index (χ1v) is 18.3. The van der Waals surface area contributed by atoms with Gasteiger partial charge in [-0.05, 0) is 140 Å². The smallest absolute Gasteiger partial charge is 0.207 e. The Kier molecular flexibility index (Phi) is 8.41. The summed E-state index contributed by atoms with van der Waals surface area (Å²) in [6.45, 7) is 12.7. The summed E-state index contributed by atoms with van der Waals surface area (Å²) in [5, 5.41) is 0. The monoisotopic (exact) mass is 560 g/mol. The third-order valence-electron chi connectivity index (χ3n) is 12.7. The zero-order valence-corrected chi connectivity index (χ0v) is 26.3. The lowest BCUT2D eigenvalue weighted by Crippen LogP contribution is -2.53. The van der Waals surface area contributed by atoms with Crippen LogP contribution in [0.25, 0.3) is 0 Å². The Balaban J connectivity index is 1.24. The predicted octanol–water partition coefficient (Wildman–Crippen LogP) is 9.89. The molecule has 0 heterocycles. The molecule has 2 nitrogen and oxygen atoms in total. The van der Waals surface area contributed by atoms with Crippen molar-refractivity contribution in [1.82, 2.24) is 0 Å². The fourth-order valence-electron chi connectivity index (χ4n) is 10.7. The zero-order valence-electron chi connectivity index (χ0n) is 24.7. The third-order valence-corrected chi connectivity index (χ3v) is 14.0. The fourth-order valence-corrected chi connectivity index (χ4v) is 11.5. The molecule has 4 aliphatic rings. The highest BCUT2D eigenvalue weighted by Gasteiger charge is 2.60. The van der Waals surface area contributed by atoms with Crippen LogP contribution in [-0.4, -0.2) is 8.42 Å². The average molecular weight is 561 g/mol. The Morgan fingerprint density at radius 3 is 2.39 bits per heavy atom. The molecule has 0 saturated heterocycles. The Labute approximate surface area is 238 Å². The van der Waals surface area contributed by atoms with Gasteiger partial charge in [0.15, 0.2) is 0 Å². The van der Waals surface area contributed by atoms with E-state index in [9.17, 15) is 8.42 Å². The molecule has 0 spiro atoms. The maximum atomic E-state index is 11.8. The van der Waals surface area contributed by atoms with Crippen LogP contribution in [-0.2, 0) is 15.5 Å². The van der Waals surface area contributed by atoms with Crippen molar-refractivity contribution in [3.63, 3.8) is 0 Å². The van der Waals surface area contributed by atoms with Gasteiger partial charge in [-0.25, -0.2) is 8.42 Å². The quantitative estimate of drug-likeness (QED) is 0.296. The van der Waals surface area contributed by atoms with Gasteiger partial charge in [-0.2, -0.15) is 0 Å². The van der Waals surface area contributed by atoms with Crippen molar-refractivity contribution < 1.29 is 8.42 Å². The van der Waals surface area contributed by atoms with E-state index in [1.54, 1.807) is 12.1 Å². The van der Waals surface area contributed by atoms with Gasteiger partial charge in [0.05, 0.1) is 4.90 Å². The van der Waals surface area contributed by atoms with E-state index in [0.29, 0.717) is 16.7 Å². The van der Waals surface area contributed by atoms with Crippen molar-refractivity contribution in [3.05, 3.63) is 29.8 Å². The normalized spacial score (nSPS) is 39.9. The molecule has 1 aromatic carbocycles. The van der Waals surface area contributed by atoms with Gasteiger partial charge in [0, 0.05) is 10.7 Å². The van der Waals surface area contributed by atoms with E-state index in [1.807, 2.05) is 6.07 Å². The van der Waals surface area contributed by atoms with E-state index in [2.05, 4.69) is 40.7 Å². The topological polar surface area (TPSA) is 34.1 Å². The molecule has 1 aromatic rings. The van der Waals surface area contributed by atoms with Crippen molar-refractivity contribution in [2.75, 3.05) is 0 Å². The van der Waals surface area contributed by atoms with Crippen LogP contribution in [0.15, 0.2) is 29.2 Å². The molecule has 4 heteroatoms. The van der Waals surface area contributed by atoms with Crippen molar-refractivity contribution >= 4 is 19.7 Å². The summed E-state index contributed by atoms with van der Waals surface area (Å²) in [5.74, 6) is 6.97. The number of fused-ring (bicyclic) bond motifs is 5. The van der Waals surface area contributed by atoms with E-state index < -0.39 is 9.05 Å². The van der Waals surface area contributed by atoms with Crippen LogP contribution in [0.4, 0.5) is 0 Å². The molecular formula is C34H53ClO2S. The Hall–Kier alpha value is -0.540. The molecule has 4 aliphatic carbocycles. The van der Waals surface area contributed by atoms with E-state index in [0.717, 1.165) is 53.4 Å². The highest BCUT2D eigenvalue weighted by atomic mass is 35.7. The van der Waals surface area contributed by atoms with Crippen LogP contribution in [0.5, 0.6) is 0 Å². The minimum atomic E-state index is -3.67. The van der Waals surface area contributed by atoms with Gasteiger partial charge in [-0.15, -0.1) is 0 Å². The highest BCUT2D eigenvalue weighted by molar-refractivity contribution is 8.13. The molecule has 214 valence electrons. The first-order chi connectivity index (χ1) is 17.9. The SMILES string of the molecule is CC(C)CCCC(C)C1CCC2C3CCC4CC(Cc5cccc(S(=O)(=O)Cl)c5)CC[C@]4(C)C3CC[C@]12C. The fraction of sp³-hybridized carbons (Fsp3) is 0.824. The zero-order chi connectivity index (χ0) is 27.3. The summed E-state index contributed by atoms with van der Waals surface area (Å²) in [6, 6.07) is 7.34. The van der Waals surface area contributed by atoms with Crippen LogP contribution < -0.4 is 0 Å². The van der Waals surface area contributed by atoms with Crippen molar-refractivity contribution in [2.24, 2.45) is 58.2 Å². The molecule has 0 N–H and O–H groups in total. The molecule has 4 saturated carbocycles. The van der Waals surface area contributed by atoms with Crippen molar-refractivity contribution in [3.8, 4) is 0 Å². The van der Waals surface area contributed by atoms with Crippen LogP contribution in [0.3, 0.4) is 0 Å². The van der Waals surface area contributed by atoms with Crippen LogP contribution in [0.2, 0.25) is 0 Å². The summed E-state index contributed by atoms with van der Waals surface area (Å²) in [5.41, 5.74) is 2.21. The molecule has 0 aromatic heterocycles. The molecule has 9 atom stereocenters. The van der Waals surface area contributed by atoms with Gasteiger partial charge in [0.1, 0.15) is 0 Å². The van der Waals surface area contributed by atoms with Gasteiger partial charge in [0.25, 0.3) is 9.05 Å². The van der Waals surface area contributed by atoms with E-state index in [-0.39, 0.29) is 4.90 Å². The van der Waals surface area contributed by atoms with Gasteiger partial charge < -0.3 is 0 Å². The average Bonchev–Trinajstić information content (AvgIpc) is 3.21. The standard InChI is InChI=1S/C34H53ClO2S/c1-23(2)8-6-9-24(3)30-14-15-31-29-13-12-27-21-26(20-25-10-7-11-28(22-25)38(35,36)37)16-18-33(27,4)32(29)17-19-34(30,31)5/h7,10-11,22-24,26-27,29-32H,6,8-9,12-21H2,1-5H3/t24?,26?,27?,29?,30?,31?,32?,33-,34+/m0/s1. The summed E-state index contributed by atoms with van der Waals surface area (Å²) in [4.78, 5) is 0.243. The second-order valence-electron chi connectivity index (χ2n) is 15.1. The van der Waals surface area contributed by atoms with Gasteiger partial charge in [-0.1, -0.05) is 66.0 Å². The number of rotatable bonds is 8. The summed E-state index contributed by atoms with van der Waals surface area (Å²) in [7, 11) is 1.96. The number of benzene rings is 1. The molecule has 0 bridgehead atoms. The molecule has 38 heavy (non-hydrogen) atoms. The minimum Gasteiger partial charge on any atom is -0.207 e. The second kappa shape index (κ2) is 11.0. The lowest BCUT2D eigenvalue weighted by atomic mass is 9.44. The summed E-state index contributed by atoms with van der Waals surface area (Å²) < 4.78 is 23.7. The van der Waals surface area contributed by atoms with Crippen LogP contribution in [0.1, 0.15) is 117 Å². The molecule has 0 aliphatic heterocycles. The Bertz CT molecular complexity index is 1080. The highest BCUT2D eigenvalue weighted by Crippen LogP contribution is 2.68. The molecule has 7 unspecified atom stereocenters. The molecule has 0 amide bonds. The number of hydrogen-bond acceptors (Lipinski definition) is 2. The molecule has 0 radical (unpaired) electrons. The van der Waals surface area contributed by atoms with Crippen molar-refractivity contribution in [1.29, 1.82) is 0 Å². The number of halogens is 1. The first kappa shape index (κ1) is 29.0. The van der Waals surface area contributed by atoms with Crippen molar-refractivity contribution in [2.45, 2.75) is 123 Å². The minimum absolute atomic E-state index is 0.243. The van der Waals surface area contributed by atoms with E-state index in [1.165, 1.54) is 77.0 Å². The predicted molar refractivity (Wildman–Crippen MR) is 160 cm³/mol. The van der Waals surface area contributed by atoms with Crippen LogP contribution in [0, 0.1) is 58.2 Å². The van der Waals surface area contributed by atoms with Crippen LogP contribution >= 0.6 is 10.7 Å². The van der Waals surface area contributed by atoms with E-state index >= 15 is 0 Å². The summed E-state index contributed by atoms with van der Waals surface area (Å²) >= 11 is 0. The maximum Gasteiger partial charge on any atom is 0.261 e. The van der Waals surface area contributed by atoms with Gasteiger partial charge >= 0.3 is 0 Å². The lowest BCUT2D eigenvalue weighted by molar-refractivity contribution is -0.121. The molecule has 5 rings (SSSR count). The molecular weight excluding hydrogens is 508 g/mol. The largest absolute Gasteiger partial charge is 0.261 e. The maximum absolute atomic E-state index is 11.8.